The third-order valence-corrected chi connectivity index (χ3v) is 1.94. The van der Waals surface area contributed by atoms with Crippen LogP contribution in [0.25, 0.3) is 0 Å². The molecule has 0 saturated heterocycles. The molecule has 0 aliphatic carbocycles. The molecule has 0 aromatic heterocycles. The van der Waals surface area contributed by atoms with E-state index < -0.39 is 12.1 Å². The monoisotopic (exact) mass is 197 g/mol. The molecule has 1 rings (SSSR count). The Hall–Kier alpha value is -1.42. The van der Waals surface area contributed by atoms with Crippen LogP contribution in [0.3, 0.4) is 0 Å². The highest BCUT2D eigenvalue weighted by Gasteiger charge is 2.15. The number of halogens is 1. The Balaban J connectivity index is 2.64. The molecule has 0 fully saturated rings. The Morgan fingerprint density at radius 1 is 1.36 bits per heavy atom. The van der Waals surface area contributed by atoms with Gasteiger partial charge in [-0.3, -0.25) is 0 Å². The fourth-order valence-electron chi connectivity index (χ4n) is 1.11. The van der Waals surface area contributed by atoms with Gasteiger partial charge in [0, 0.05) is 13.0 Å². The van der Waals surface area contributed by atoms with E-state index in [9.17, 15) is 9.18 Å². The Morgan fingerprint density at radius 3 is 2.29 bits per heavy atom. The van der Waals surface area contributed by atoms with Gasteiger partial charge in [-0.2, -0.15) is 0 Å². The van der Waals surface area contributed by atoms with E-state index in [-0.39, 0.29) is 6.42 Å². The van der Waals surface area contributed by atoms with E-state index in [1.54, 1.807) is 24.3 Å². The number of nitrogens with two attached hydrogens (primary N) is 1. The summed E-state index contributed by atoms with van der Waals surface area (Å²) in [6.07, 6.45) is -1.93. The molecule has 0 aliphatic heterocycles. The first kappa shape index (κ1) is 10.7. The number of alkyl halides is 1. The first-order valence-corrected chi connectivity index (χ1v) is 4.28. The molecule has 0 bridgehead atoms. The molecule has 1 aromatic carbocycles. The van der Waals surface area contributed by atoms with Crippen LogP contribution in [0.15, 0.2) is 24.3 Å². The van der Waals surface area contributed by atoms with Crippen LogP contribution in [-0.2, 0) is 17.8 Å². The molecule has 3 N–H and O–H groups in total. The van der Waals surface area contributed by atoms with Crippen LogP contribution in [0.2, 0.25) is 0 Å². The fraction of sp³-hybridized carbons (Fsp3) is 0.300. The van der Waals surface area contributed by atoms with Crippen molar-refractivity contribution in [1.29, 1.82) is 0 Å². The Bertz CT molecular complexity index is 310. The molecule has 1 unspecified atom stereocenters. The van der Waals surface area contributed by atoms with Crippen LogP contribution in [-0.4, -0.2) is 17.2 Å². The summed E-state index contributed by atoms with van der Waals surface area (Å²) in [4.78, 5) is 10.2. The zero-order valence-electron chi connectivity index (χ0n) is 7.61. The Kier molecular flexibility index (Phi) is 3.59. The van der Waals surface area contributed by atoms with Crippen molar-refractivity contribution in [2.24, 2.45) is 5.73 Å². The zero-order valence-corrected chi connectivity index (χ0v) is 7.61. The molecular formula is C10H12FNO2. The van der Waals surface area contributed by atoms with E-state index in [1.165, 1.54) is 0 Å². The molecule has 0 radical (unpaired) electrons. The molecule has 14 heavy (non-hydrogen) atoms. The Morgan fingerprint density at radius 2 is 1.86 bits per heavy atom. The predicted molar refractivity (Wildman–Crippen MR) is 50.6 cm³/mol. The minimum atomic E-state index is -1.83. The number of hydrogen-bond acceptors (Lipinski definition) is 2. The summed E-state index contributed by atoms with van der Waals surface area (Å²) in [5.41, 5.74) is 6.99. The second kappa shape index (κ2) is 4.72. The number of rotatable bonds is 4. The molecule has 1 atom stereocenters. The molecule has 0 saturated carbocycles. The van der Waals surface area contributed by atoms with Gasteiger partial charge < -0.3 is 10.8 Å². The minimum Gasteiger partial charge on any atom is -0.479 e. The smallest absolute Gasteiger partial charge is 0.338 e. The second-order valence-corrected chi connectivity index (χ2v) is 3.03. The minimum absolute atomic E-state index is 0.0970. The summed E-state index contributed by atoms with van der Waals surface area (Å²) >= 11 is 0. The summed E-state index contributed by atoms with van der Waals surface area (Å²) in [6.45, 7) is 0.429. The molecular weight excluding hydrogens is 185 g/mol. The maximum absolute atomic E-state index is 12.8. The number of carboxylic acids is 1. The van der Waals surface area contributed by atoms with E-state index in [1.807, 2.05) is 0 Å². The van der Waals surface area contributed by atoms with Gasteiger partial charge in [-0.25, -0.2) is 9.18 Å². The third kappa shape index (κ3) is 2.81. The van der Waals surface area contributed by atoms with Gasteiger partial charge in [0.05, 0.1) is 0 Å². The lowest BCUT2D eigenvalue weighted by molar-refractivity contribution is -0.142. The summed E-state index contributed by atoms with van der Waals surface area (Å²) in [5.74, 6) is -1.42. The average Bonchev–Trinajstić information content (AvgIpc) is 2.19. The number of carboxylic acid groups (broad SMARTS) is 1. The van der Waals surface area contributed by atoms with Crippen molar-refractivity contribution in [2.45, 2.75) is 19.1 Å². The standard InChI is InChI=1S/C10H12FNO2/c11-9(10(13)14)5-7-1-3-8(6-12)4-2-7/h1-4,9H,5-6,12H2,(H,13,14). The van der Waals surface area contributed by atoms with Gasteiger partial charge in [-0.05, 0) is 11.1 Å². The molecule has 76 valence electrons. The molecule has 0 aliphatic rings. The van der Waals surface area contributed by atoms with E-state index in [4.69, 9.17) is 10.8 Å². The van der Waals surface area contributed by atoms with E-state index in [2.05, 4.69) is 0 Å². The van der Waals surface area contributed by atoms with E-state index in [0.717, 1.165) is 5.56 Å². The van der Waals surface area contributed by atoms with Crippen LogP contribution in [0.1, 0.15) is 11.1 Å². The molecule has 0 amide bonds. The van der Waals surface area contributed by atoms with Gasteiger partial charge in [0.1, 0.15) is 0 Å². The fourth-order valence-corrected chi connectivity index (χ4v) is 1.11. The van der Waals surface area contributed by atoms with Crippen molar-refractivity contribution in [2.75, 3.05) is 0 Å². The van der Waals surface area contributed by atoms with Crippen molar-refractivity contribution in [3.63, 3.8) is 0 Å². The first-order chi connectivity index (χ1) is 6.63. The lowest BCUT2D eigenvalue weighted by Gasteiger charge is -2.03. The SMILES string of the molecule is NCc1ccc(CC(F)C(=O)O)cc1. The summed E-state index contributed by atoms with van der Waals surface area (Å²) < 4.78 is 12.8. The molecule has 4 heteroatoms. The highest BCUT2D eigenvalue weighted by atomic mass is 19.1. The highest BCUT2D eigenvalue weighted by molar-refractivity contribution is 5.72. The third-order valence-electron chi connectivity index (χ3n) is 1.94. The van der Waals surface area contributed by atoms with Gasteiger partial charge in [0.25, 0.3) is 0 Å². The van der Waals surface area contributed by atoms with Crippen LogP contribution < -0.4 is 5.73 Å². The number of benzene rings is 1. The maximum atomic E-state index is 12.8. The van der Waals surface area contributed by atoms with Crippen molar-refractivity contribution in [3.8, 4) is 0 Å². The molecule has 0 heterocycles. The van der Waals surface area contributed by atoms with Crippen molar-refractivity contribution in [3.05, 3.63) is 35.4 Å². The van der Waals surface area contributed by atoms with Crippen molar-refractivity contribution < 1.29 is 14.3 Å². The molecule has 3 nitrogen and oxygen atoms in total. The van der Waals surface area contributed by atoms with Crippen LogP contribution >= 0.6 is 0 Å². The van der Waals surface area contributed by atoms with E-state index >= 15 is 0 Å². The molecule has 0 spiro atoms. The molecule has 1 aromatic rings. The van der Waals surface area contributed by atoms with Crippen LogP contribution in [0.4, 0.5) is 4.39 Å². The summed E-state index contributed by atoms with van der Waals surface area (Å²) in [6, 6.07) is 6.92. The van der Waals surface area contributed by atoms with Crippen molar-refractivity contribution in [1.82, 2.24) is 0 Å². The van der Waals surface area contributed by atoms with Gasteiger partial charge in [-0.1, -0.05) is 24.3 Å². The van der Waals surface area contributed by atoms with Gasteiger partial charge in [-0.15, -0.1) is 0 Å². The predicted octanol–water partition coefficient (Wildman–Crippen LogP) is 1.11. The van der Waals surface area contributed by atoms with Crippen LogP contribution in [0, 0.1) is 0 Å². The number of hydrogen-bond donors (Lipinski definition) is 2. The largest absolute Gasteiger partial charge is 0.479 e. The van der Waals surface area contributed by atoms with Crippen molar-refractivity contribution >= 4 is 5.97 Å². The quantitative estimate of drug-likeness (QED) is 0.760. The number of aliphatic carboxylic acids is 1. The highest BCUT2D eigenvalue weighted by Crippen LogP contribution is 2.08. The summed E-state index contributed by atoms with van der Waals surface area (Å²) in [5, 5.41) is 8.35. The maximum Gasteiger partial charge on any atom is 0.338 e. The second-order valence-electron chi connectivity index (χ2n) is 3.03. The first-order valence-electron chi connectivity index (χ1n) is 4.28. The van der Waals surface area contributed by atoms with Gasteiger partial charge in [0.2, 0.25) is 6.17 Å². The van der Waals surface area contributed by atoms with Crippen LogP contribution in [0.5, 0.6) is 0 Å². The Labute approximate surface area is 81.4 Å². The average molecular weight is 197 g/mol. The summed E-state index contributed by atoms with van der Waals surface area (Å²) in [7, 11) is 0. The number of carbonyl (C=O) groups is 1. The normalized spacial score (nSPS) is 12.4. The zero-order chi connectivity index (χ0) is 10.6. The lowest BCUT2D eigenvalue weighted by Crippen LogP contribution is -2.17. The van der Waals surface area contributed by atoms with Gasteiger partial charge >= 0.3 is 5.97 Å². The lowest BCUT2D eigenvalue weighted by atomic mass is 10.1. The van der Waals surface area contributed by atoms with E-state index in [0.29, 0.717) is 12.1 Å². The van der Waals surface area contributed by atoms with Gasteiger partial charge in [0.15, 0.2) is 0 Å². The topological polar surface area (TPSA) is 63.3 Å².